The average molecular weight is 214 g/mol. The minimum Gasteiger partial charge on any atom is -0.361 e. The monoisotopic (exact) mass is 214 g/mol. The van der Waals surface area contributed by atoms with Crippen LogP contribution in [0.25, 0.3) is 0 Å². The first-order chi connectivity index (χ1) is 6.74. The van der Waals surface area contributed by atoms with E-state index < -0.39 is 0 Å². The van der Waals surface area contributed by atoms with Gasteiger partial charge in [0.05, 0.1) is 0 Å². The Bertz CT molecular complexity index is 190. The van der Waals surface area contributed by atoms with Gasteiger partial charge in [0.1, 0.15) is 0 Å². The number of rotatable bonds is 5. The maximum atomic E-state index is 4.56. The lowest BCUT2D eigenvalue weighted by Crippen LogP contribution is -2.31. The summed E-state index contributed by atoms with van der Waals surface area (Å²) in [6.07, 6.45) is 3.81. The molecule has 1 aliphatic heterocycles. The highest BCUT2D eigenvalue weighted by molar-refractivity contribution is 8.14. The minimum atomic E-state index is 0.630. The molecule has 1 unspecified atom stereocenters. The van der Waals surface area contributed by atoms with Crippen molar-refractivity contribution in [1.82, 2.24) is 5.32 Å². The maximum Gasteiger partial charge on any atom is 0.156 e. The highest BCUT2D eigenvalue weighted by atomic mass is 32.2. The quantitative estimate of drug-likeness (QED) is 0.712. The summed E-state index contributed by atoms with van der Waals surface area (Å²) in [6.45, 7) is 7.75. The highest BCUT2D eigenvalue weighted by Gasteiger charge is 2.22. The molecule has 0 aromatic rings. The molecule has 1 fully saturated rings. The fourth-order valence-electron chi connectivity index (χ4n) is 1.40. The Balaban J connectivity index is 2.20. The Kier molecular flexibility index (Phi) is 5.38. The predicted molar refractivity (Wildman–Crippen MR) is 66.0 cm³/mol. The molecule has 2 nitrogen and oxygen atoms in total. The van der Waals surface area contributed by atoms with E-state index in [-0.39, 0.29) is 0 Å². The van der Waals surface area contributed by atoms with Crippen LogP contribution in [-0.4, -0.2) is 23.5 Å². The third-order valence-electron chi connectivity index (χ3n) is 2.53. The van der Waals surface area contributed by atoms with E-state index in [1.54, 1.807) is 0 Å². The molecule has 3 heteroatoms. The molecule has 0 spiro atoms. The lowest BCUT2D eigenvalue weighted by atomic mass is 10.1. The molecule has 1 N–H and O–H groups in total. The zero-order valence-electron chi connectivity index (χ0n) is 9.55. The Labute approximate surface area is 92.0 Å². The van der Waals surface area contributed by atoms with E-state index in [2.05, 4.69) is 31.1 Å². The van der Waals surface area contributed by atoms with Crippen LogP contribution in [0.4, 0.5) is 0 Å². The number of aliphatic imine (C=N–C) groups is 1. The Morgan fingerprint density at radius 2 is 2.29 bits per heavy atom. The normalized spacial score (nSPS) is 24.6. The van der Waals surface area contributed by atoms with Crippen LogP contribution in [0.1, 0.15) is 40.0 Å². The molecule has 14 heavy (non-hydrogen) atoms. The topological polar surface area (TPSA) is 24.4 Å². The van der Waals surface area contributed by atoms with E-state index in [0.29, 0.717) is 12.0 Å². The molecule has 1 aliphatic rings. The van der Waals surface area contributed by atoms with Crippen LogP contribution in [-0.2, 0) is 0 Å². The van der Waals surface area contributed by atoms with Gasteiger partial charge in [0.2, 0.25) is 0 Å². The largest absolute Gasteiger partial charge is 0.361 e. The second-order valence-corrected chi connectivity index (χ2v) is 5.21. The van der Waals surface area contributed by atoms with Crippen molar-refractivity contribution >= 4 is 16.9 Å². The molecule has 1 rings (SSSR count). The third kappa shape index (κ3) is 3.91. The highest BCUT2D eigenvalue weighted by Crippen LogP contribution is 2.18. The average Bonchev–Trinajstić information content (AvgIpc) is 2.61. The van der Waals surface area contributed by atoms with Crippen LogP contribution in [0.5, 0.6) is 0 Å². The molecule has 1 heterocycles. The van der Waals surface area contributed by atoms with Crippen LogP contribution in [0.15, 0.2) is 4.99 Å². The zero-order chi connectivity index (χ0) is 10.4. The lowest BCUT2D eigenvalue weighted by Gasteiger charge is -2.12. The summed E-state index contributed by atoms with van der Waals surface area (Å²) in [6, 6.07) is 0.630. The predicted octanol–water partition coefficient (Wildman–Crippen LogP) is 2.89. The Hall–Kier alpha value is -0.180. The number of unbranched alkanes of at least 4 members (excludes halogenated alkanes) is 2. The van der Waals surface area contributed by atoms with Crippen molar-refractivity contribution in [2.45, 2.75) is 46.1 Å². The van der Waals surface area contributed by atoms with Crippen molar-refractivity contribution in [3.63, 3.8) is 0 Å². The van der Waals surface area contributed by atoms with Crippen LogP contribution >= 0.6 is 11.8 Å². The van der Waals surface area contributed by atoms with Crippen LogP contribution in [0.3, 0.4) is 0 Å². The fourth-order valence-corrected chi connectivity index (χ4v) is 2.63. The van der Waals surface area contributed by atoms with Crippen molar-refractivity contribution in [2.24, 2.45) is 10.9 Å². The van der Waals surface area contributed by atoms with Gasteiger partial charge >= 0.3 is 0 Å². The first-order valence-electron chi connectivity index (χ1n) is 5.67. The van der Waals surface area contributed by atoms with E-state index >= 15 is 0 Å². The van der Waals surface area contributed by atoms with Crippen molar-refractivity contribution in [1.29, 1.82) is 0 Å². The van der Waals surface area contributed by atoms with E-state index in [1.807, 2.05) is 11.8 Å². The number of nitrogens with one attached hydrogen (secondary N) is 1. The summed E-state index contributed by atoms with van der Waals surface area (Å²) >= 11 is 1.88. The van der Waals surface area contributed by atoms with Gasteiger partial charge in [0, 0.05) is 18.3 Å². The summed E-state index contributed by atoms with van der Waals surface area (Å²) < 4.78 is 0. The van der Waals surface area contributed by atoms with Gasteiger partial charge in [-0.05, 0) is 12.3 Å². The molecule has 0 aromatic carbocycles. The first-order valence-corrected chi connectivity index (χ1v) is 6.66. The van der Waals surface area contributed by atoms with Crippen molar-refractivity contribution < 1.29 is 0 Å². The Morgan fingerprint density at radius 3 is 2.86 bits per heavy atom. The van der Waals surface area contributed by atoms with Crippen LogP contribution in [0, 0.1) is 5.92 Å². The lowest BCUT2D eigenvalue weighted by molar-refractivity contribution is 0.503. The van der Waals surface area contributed by atoms with E-state index in [9.17, 15) is 0 Å². The standard InChI is InChI=1S/C11H22N2S/c1-4-5-6-7-12-11-13-10(8-14-11)9(2)3/h9-10H,4-8H2,1-3H3,(H,12,13). The minimum absolute atomic E-state index is 0.630. The summed E-state index contributed by atoms with van der Waals surface area (Å²) in [7, 11) is 0. The van der Waals surface area contributed by atoms with E-state index in [0.717, 1.165) is 6.54 Å². The SMILES string of the molecule is CCCCCN=C1NC(C(C)C)CS1. The molecule has 1 atom stereocenters. The van der Waals surface area contributed by atoms with Gasteiger partial charge in [-0.25, -0.2) is 0 Å². The van der Waals surface area contributed by atoms with Crippen LogP contribution in [0.2, 0.25) is 0 Å². The molecule has 0 amide bonds. The fraction of sp³-hybridized carbons (Fsp3) is 0.909. The first kappa shape index (κ1) is 11.9. The third-order valence-corrected chi connectivity index (χ3v) is 3.58. The summed E-state index contributed by atoms with van der Waals surface area (Å²) in [5.74, 6) is 1.90. The van der Waals surface area contributed by atoms with Crippen molar-refractivity contribution in [3.8, 4) is 0 Å². The molecular weight excluding hydrogens is 192 g/mol. The van der Waals surface area contributed by atoms with Gasteiger partial charge in [-0.1, -0.05) is 45.4 Å². The number of thioether (sulfide) groups is 1. The van der Waals surface area contributed by atoms with Gasteiger partial charge in [-0.2, -0.15) is 0 Å². The number of amidine groups is 1. The Morgan fingerprint density at radius 1 is 1.50 bits per heavy atom. The van der Waals surface area contributed by atoms with Crippen LogP contribution < -0.4 is 5.32 Å². The van der Waals surface area contributed by atoms with Gasteiger partial charge in [-0.3, -0.25) is 4.99 Å². The second kappa shape index (κ2) is 6.33. The maximum absolute atomic E-state index is 4.56. The molecule has 82 valence electrons. The molecular formula is C11H22N2S. The van der Waals surface area contributed by atoms with Gasteiger partial charge in [0.25, 0.3) is 0 Å². The molecule has 0 aromatic heterocycles. The smallest absolute Gasteiger partial charge is 0.156 e. The van der Waals surface area contributed by atoms with Crippen molar-refractivity contribution in [3.05, 3.63) is 0 Å². The number of hydrogen-bond donors (Lipinski definition) is 1. The zero-order valence-corrected chi connectivity index (χ0v) is 10.4. The number of nitrogens with zero attached hydrogens (tertiary/aromatic N) is 1. The number of hydrogen-bond acceptors (Lipinski definition) is 2. The molecule has 0 aliphatic carbocycles. The second-order valence-electron chi connectivity index (χ2n) is 4.20. The van der Waals surface area contributed by atoms with Gasteiger partial charge < -0.3 is 5.32 Å². The molecule has 1 saturated heterocycles. The van der Waals surface area contributed by atoms with Gasteiger partial charge in [0.15, 0.2) is 5.17 Å². The molecule has 0 saturated carbocycles. The van der Waals surface area contributed by atoms with Crippen molar-refractivity contribution in [2.75, 3.05) is 12.3 Å². The summed E-state index contributed by atoms with van der Waals surface area (Å²) in [5.41, 5.74) is 0. The van der Waals surface area contributed by atoms with E-state index in [1.165, 1.54) is 30.2 Å². The summed E-state index contributed by atoms with van der Waals surface area (Å²) in [5, 5.41) is 4.65. The van der Waals surface area contributed by atoms with E-state index in [4.69, 9.17) is 0 Å². The summed E-state index contributed by atoms with van der Waals surface area (Å²) in [4.78, 5) is 4.56. The van der Waals surface area contributed by atoms with Gasteiger partial charge in [-0.15, -0.1) is 0 Å². The molecule has 0 radical (unpaired) electrons. The molecule has 0 bridgehead atoms.